The average molecular weight is 289 g/mol. The lowest BCUT2D eigenvalue weighted by Gasteiger charge is -2.11. The molecule has 0 radical (unpaired) electrons. The van der Waals surface area contributed by atoms with E-state index in [-0.39, 0.29) is 5.82 Å². The van der Waals surface area contributed by atoms with Gasteiger partial charge in [-0.1, -0.05) is 12.1 Å². The van der Waals surface area contributed by atoms with Crippen LogP contribution in [0.2, 0.25) is 0 Å². The molecule has 5 nitrogen and oxygen atoms in total. The summed E-state index contributed by atoms with van der Waals surface area (Å²) < 4.78 is 14.9. The Morgan fingerprint density at radius 3 is 2.86 bits per heavy atom. The van der Waals surface area contributed by atoms with Crippen molar-refractivity contribution in [1.29, 1.82) is 0 Å². The third kappa shape index (κ3) is 4.91. The van der Waals surface area contributed by atoms with Crippen LogP contribution in [-0.2, 0) is 20.1 Å². The van der Waals surface area contributed by atoms with E-state index >= 15 is 0 Å². The summed E-state index contributed by atoms with van der Waals surface area (Å²) in [6.45, 7) is 3.84. The number of benzene rings is 1. The number of aromatic nitrogens is 2. The SMILES string of the molecule is CCNC(=NCc1cnn(C)c1)NCc1cccc(F)c1. The van der Waals surface area contributed by atoms with Crippen molar-refractivity contribution in [3.63, 3.8) is 0 Å². The molecule has 112 valence electrons. The molecule has 0 saturated carbocycles. The van der Waals surface area contributed by atoms with Crippen molar-refractivity contribution in [2.75, 3.05) is 6.54 Å². The second-order valence-electron chi connectivity index (χ2n) is 4.70. The van der Waals surface area contributed by atoms with Gasteiger partial charge in [0, 0.05) is 31.9 Å². The smallest absolute Gasteiger partial charge is 0.191 e. The summed E-state index contributed by atoms with van der Waals surface area (Å²) >= 11 is 0. The first-order valence-corrected chi connectivity index (χ1v) is 6.91. The van der Waals surface area contributed by atoms with Gasteiger partial charge >= 0.3 is 0 Å². The molecule has 0 bridgehead atoms. The van der Waals surface area contributed by atoms with Crippen molar-refractivity contribution in [2.24, 2.45) is 12.0 Å². The molecule has 0 aliphatic heterocycles. The fourth-order valence-electron chi connectivity index (χ4n) is 1.90. The molecular formula is C15H20FN5. The Kier molecular flexibility index (Phi) is 5.31. The quantitative estimate of drug-likeness (QED) is 0.652. The molecule has 0 atom stereocenters. The molecule has 0 spiro atoms. The van der Waals surface area contributed by atoms with Crippen LogP contribution in [0.3, 0.4) is 0 Å². The molecule has 1 aromatic carbocycles. The zero-order chi connectivity index (χ0) is 15.1. The van der Waals surface area contributed by atoms with Gasteiger partial charge in [-0.25, -0.2) is 9.38 Å². The summed E-state index contributed by atoms with van der Waals surface area (Å²) in [5, 5.41) is 10.5. The lowest BCUT2D eigenvalue weighted by molar-refractivity contribution is 0.624. The molecule has 0 amide bonds. The summed E-state index contributed by atoms with van der Waals surface area (Å²) in [6, 6.07) is 6.52. The van der Waals surface area contributed by atoms with Gasteiger partial charge in [0.1, 0.15) is 5.82 Å². The van der Waals surface area contributed by atoms with Crippen molar-refractivity contribution in [3.05, 3.63) is 53.6 Å². The highest BCUT2D eigenvalue weighted by molar-refractivity contribution is 5.79. The number of nitrogens with zero attached hydrogens (tertiary/aromatic N) is 3. The molecule has 2 rings (SSSR count). The summed E-state index contributed by atoms with van der Waals surface area (Å²) in [5.41, 5.74) is 1.92. The Morgan fingerprint density at radius 1 is 1.33 bits per heavy atom. The van der Waals surface area contributed by atoms with Crippen LogP contribution in [0.4, 0.5) is 4.39 Å². The van der Waals surface area contributed by atoms with Gasteiger partial charge in [0.15, 0.2) is 5.96 Å². The minimum atomic E-state index is -0.230. The Bertz CT molecular complexity index is 606. The molecule has 21 heavy (non-hydrogen) atoms. The van der Waals surface area contributed by atoms with E-state index in [1.54, 1.807) is 16.9 Å². The van der Waals surface area contributed by atoms with E-state index in [4.69, 9.17) is 0 Å². The first kappa shape index (κ1) is 15.0. The van der Waals surface area contributed by atoms with Crippen LogP contribution in [0.25, 0.3) is 0 Å². The maximum Gasteiger partial charge on any atom is 0.191 e. The zero-order valence-corrected chi connectivity index (χ0v) is 12.3. The third-order valence-corrected chi connectivity index (χ3v) is 2.87. The number of aryl methyl sites for hydroxylation is 1. The van der Waals surface area contributed by atoms with Gasteiger partial charge in [0.05, 0.1) is 12.7 Å². The number of hydrogen-bond donors (Lipinski definition) is 2. The lowest BCUT2D eigenvalue weighted by atomic mass is 10.2. The molecule has 0 aliphatic rings. The van der Waals surface area contributed by atoms with Crippen LogP contribution < -0.4 is 10.6 Å². The van der Waals surface area contributed by atoms with Crippen LogP contribution in [0.5, 0.6) is 0 Å². The number of hydrogen-bond acceptors (Lipinski definition) is 2. The summed E-state index contributed by atoms with van der Waals surface area (Å²) in [4.78, 5) is 4.48. The highest BCUT2D eigenvalue weighted by Crippen LogP contribution is 2.03. The first-order chi connectivity index (χ1) is 10.2. The average Bonchev–Trinajstić information content (AvgIpc) is 2.88. The molecule has 0 saturated heterocycles. The monoisotopic (exact) mass is 289 g/mol. The maximum absolute atomic E-state index is 13.1. The van der Waals surface area contributed by atoms with E-state index in [9.17, 15) is 4.39 Å². The molecule has 1 aromatic heterocycles. The van der Waals surface area contributed by atoms with E-state index in [0.717, 1.165) is 17.7 Å². The lowest BCUT2D eigenvalue weighted by Crippen LogP contribution is -2.36. The van der Waals surface area contributed by atoms with Crippen LogP contribution >= 0.6 is 0 Å². The number of rotatable bonds is 5. The predicted molar refractivity (Wildman–Crippen MR) is 81.3 cm³/mol. The van der Waals surface area contributed by atoms with Gasteiger partial charge in [-0.3, -0.25) is 4.68 Å². The van der Waals surface area contributed by atoms with E-state index in [0.29, 0.717) is 19.0 Å². The van der Waals surface area contributed by atoms with Gasteiger partial charge in [-0.05, 0) is 24.6 Å². The number of nitrogens with one attached hydrogen (secondary N) is 2. The number of halogens is 1. The Hall–Kier alpha value is -2.37. The molecule has 0 fully saturated rings. The van der Waals surface area contributed by atoms with Crippen molar-refractivity contribution >= 4 is 5.96 Å². The molecule has 1 heterocycles. The Balaban J connectivity index is 1.94. The fourth-order valence-corrected chi connectivity index (χ4v) is 1.90. The van der Waals surface area contributed by atoms with E-state index in [2.05, 4.69) is 20.7 Å². The van der Waals surface area contributed by atoms with Gasteiger partial charge < -0.3 is 10.6 Å². The summed E-state index contributed by atoms with van der Waals surface area (Å²) in [6.07, 6.45) is 3.72. The molecule has 2 N–H and O–H groups in total. The summed E-state index contributed by atoms with van der Waals surface area (Å²) in [5.74, 6) is 0.470. The highest BCUT2D eigenvalue weighted by Gasteiger charge is 2.00. The molecule has 2 aromatic rings. The third-order valence-electron chi connectivity index (χ3n) is 2.87. The Labute approximate surface area is 123 Å². The van der Waals surface area contributed by atoms with Crippen molar-refractivity contribution < 1.29 is 4.39 Å². The number of guanidine groups is 1. The van der Waals surface area contributed by atoms with E-state index in [1.807, 2.05) is 26.2 Å². The normalized spacial score (nSPS) is 11.5. The van der Waals surface area contributed by atoms with Crippen LogP contribution in [0, 0.1) is 5.82 Å². The van der Waals surface area contributed by atoms with Gasteiger partial charge in [-0.2, -0.15) is 5.10 Å². The number of aliphatic imine (C=N–C) groups is 1. The van der Waals surface area contributed by atoms with Gasteiger partial charge in [0.25, 0.3) is 0 Å². The minimum absolute atomic E-state index is 0.230. The molecule has 0 aliphatic carbocycles. The van der Waals surface area contributed by atoms with Crippen LogP contribution in [0.1, 0.15) is 18.1 Å². The fraction of sp³-hybridized carbons (Fsp3) is 0.333. The van der Waals surface area contributed by atoms with Crippen LogP contribution in [0.15, 0.2) is 41.7 Å². The van der Waals surface area contributed by atoms with E-state index in [1.165, 1.54) is 12.1 Å². The van der Waals surface area contributed by atoms with Gasteiger partial charge in [-0.15, -0.1) is 0 Å². The van der Waals surface area contributed by atoms with Crippen molar-refractivity contribution in [3.8, 4) is 0 Å². The van der Waals surface area contributed by atoms with Crippen molar-refractivity contribution in [1.82, 2.24) is 20.4 Å². The standard InChI is InChI=1S/C15H20FN5/c1-3-17-15(19-9-13-10-20-21(2)11-13)18-8-12-5-4-6-14(16)7-12/h4-7,10-11H,3,8-9H2,1-2H3,(H2,17,18,19). The second-order valence-corrected chi connectivity index (χ2v) is 4.70. The highest BCUT2D eigenvalue weighted by atomic mass is 19.1. The molecule has 6 heteroatoms. The van der Waals surface area contributed by atoms with Crippen molar-refractivity contribution in [2.45, 2.75) is 20.0 Å². The topological polar surface area (TPSA) is 54.2 Å². The maximum atomic E-state index is 13.1. The van der Waals surface area contributed by atoms with E-state index < -0.39 is 0 Å². The minimum Gasteiger partial charge on any atom is -0.357 e. The first-order valence-electron chi connectivity index (χ1n) is 6.91. The molecular weight excluding hydrogens is 269 g/mol. The Morgan fingerprint density at radius 2 is 2.19 bits per heavy atom. The predicted octanol–water partition coefficient (Wildman–Crippen LogP) is 1.81. The molecule has 0 unspecified atom stereocenters. The second kappa shape index (κ2) is 7.42. The zero-order valence-electron chi connectivity index (χ0n) is 12.3. The largest absolute Gasteiger partial charge is 0.357 e. The van der Waals surface area contributed by atoms with Gasteiger partial charge in [0.2, 0.25) is 0 Å². The summed E-state index contributed by atoms with van der Waals surface area (Å²) in [7, 11) is 1.88. The van der Waals surface area contributed by atoms with Crippen LogP contribution in [-0.4, -0.2) is 22.3 Å².